The Bertz CT molecular complexity index is 411. The molecule has 6 heteroatoms. The molecule has 0 spiro atoms. The van der Waals surface area contributed by atoms with Crippen LogP contribution in [0.1, 0.15) is 20.3 Å². The van der Waals surface area contributed by atoms with Gasteiger partial charge in [0.15, 0.2) is 10.3 Å². The first-order chi connectivity index (χ1) is 7.41. The van der Waals surface area contributed by atoms with Crippen LogP contribution in [0.4, 0.5) is 5.69 Å². The molecule has 2 atom stereocenters. The smallest absolute Gasteiger partial charge is 0.174 e. The van der Waals surface area contributed by atoms with Crippen molar-refractivity contribution in [1.82, 2.24) is 10.2 Å². The topological polar surface area (TPSA) is 58.0 Å². The Morgan fingerprint density at radius 1 is 1.44 bits per heavy atom. The van der Waals surface area contributed by atoms with Gasteiger partial charge in [-0.25, -0.2) is 0 Å². The predicted molar refractivity (Wildman–Crippen MR) is 63.9 cm³/mol. The van der Waals surface area contributed by atoms with Crippen molar-refractivity contribution in [2.45, 2.75) is 32.4 Å². The predicted octanol–water partition coefficient (Wildman–Crippen LogP) is 2.35. The van der Waals surface area contributed by atoms with Crippen LogP contribution >= 0.6 is 23.2 Å². The molecule has 0 aliphatic heterocycles. The van der Waals surface area contributed by atoms with Gasteiger partial charge in [0.2, 0.25) is 0 Å². The molecule has 2 rings (SSSR count). The largest absolute Gasteiger partial charge is 0.392 e. The summed E-state index contributed by atoms with van der Waals surface area (Å²) in [6.07, 6.45) is 0.414. The van der Waals surface area contributed by atoms with Crippen LogP contribution in [0.5, 0.6) is 0 Å². The summed E-state index contributed by atoms with van der Waals surface area (Å²) in [4.78, 5) is 0. The second-order valence-electron chi connectivity index (χ2n) is 4.64. The van der Waals surface area contributed by atoms with E-state index in [2.05, 4.69) is 15.5 Å². The number of aromatic nitrogens is 2. The summed E-state index contributed by atoms with van der Waals surface area (Å²) in [6.45, 7) is 4.01. The first-order valence-electron chi connectivity index (χ1n) is 5.04. The van der Waals surface area contributed by atoms with Crippen molar-refractivity contribution in [2.75, 3.05) is 5.32 Å². The van der Waals surface area contributed by atoms with Gasteiger partial charge in [0, 0.05) is 17.5 Å². The first-order valence-corrected chi connectivity index (χ1v) is 5.80. The lowest BCUT2D eigenvalue weighted by Gasteiger charge is -2.49. The fourth-order valence-corrected chi connectivity index (χ4v) is 2.08. The van der Waals surface area contributed by atoms with Crippen molar-refractivity contribution in [2.24, 2.45) is 5.41 Å². The van der Waals surface area contributed by atoms with Gasteiger partial charge >= 0.3 is 0 Å². The molecule has 4 nitrogen and oxygen atoms in total. The van der Waals surface area contributed by atoms with Gasteiger partial charge in [-0.3, -0.25) is 0 Å². The molecule has 1 aliphatic rings. The van der Waals surface area contributed by atoms with Crippen LogP contribution in [0, 0.1) is 5.41 Å². The molecular weight excluding hydrogens is 249 g/mol. The van der Waals surface area contributed by atoms with Crippen molar-refractivity contribution in [3.8, 4) is 0 Å². The summed E-state index contributed by atoms with van der Waals surface area (Å²) in [5.41, 5.74) is 0.491. The van der Waals surface area contributed by atoms with Crippen molar-refractivity contribution >= 4 is 28.9 Å². The number of nitrogens with one attached hydrogen (secondary N) is 1. The van der Waals surface area contributed by atoms with Crippen molar-refractivity contribution in [3.05, 3.63) is 16.4 Å². The highest BCUT2D eigenvalue weighted by molar-refractivity contribution is 6.33. The number of anilines is 1. The second kappa shape index (κ2) is 4.02. The molecule has 2 unspecified atom stereocenters. The molecule has 1 aliphatic carbocycles. The molecule has 1 aromatic heterocycles. The maximum absolute atomic E-state index is 9.62. The Labute approximate surface area is 104 Å². The molecule has 1 saturated carbocycles. The molecule has 16 heavy (non-hydrogen) atoms. The minimum atomic E-state index is -0.283. The van der Waals surface area contributed by atoms with Crippen LogP contribution < -0.4 is 5.32 Å². The lowest BCUT2D eigenvalue weighted by atomic mass is 9.64. The zero-order valence-electron chi connectivity index (χ0n) is 9.04. The van der Waals surface area contributed by atoms with Crippen LogP contribution in [-0.4, -0.2) is 27.4 Å². The van der Waals surface area contributed by atoms with E-state index in [1.165, 1.54) is 0 Å². The molecular formula is C10H13Cl2N3O. The van der Waals surface area contributed by atoms with Gasteiger partial charge in [0.05, 0.1) is 11.8 Å². The normalized spacial score (nSPS) is 27.3. The van der Waals surface area contributed by atoms with Gasteiger partial charge in [-0.15, -0.1) is 10.2 Å². The van der Waals surface area contributed by atoms with Crippen molar-refractivity contribution in [1.29, 1.82) is 0 Å². The highest BCUT2D eigenvalue weighted by Crippen LogP contribution is 2.42. The second-order valence-corrected chi connectivity index (χ2v) is 5.39. The molecule has 0 aromatic carbocycles. The zero-order chi connectivity index (χ0) is 11.9. The highest BCUT2D eigenvalue weighted by atomic mass is 35.5. The number of rotatable bonds is 2. The standard InChI is InChI=1S/C10H13Cl2N3O/c1-10(2)6(4-7(10)16)13-5-3-8(11)14-15-9(5)12/h3,6-7,16H,4H2,1-2H3,(H,13,14). The van der Waals surface area contributed by atoms with E-state index >= 15 is 0 Å². The van der Waals surface area contributed by atoms with Crippen LogP contribution in [0.3, 0.4) is 0 Å². The lowest BCUT2D eigenvalue weighted by Crippen LogP contribution is -2.56. The van der Waals surface area contributed by atoms with Gasteiger partial charge < -0.3 is 10.4 Å². The van der Waals surface area contributed by atoms with E-state index in [0.717, 1.165) is 0 Å². The third kappa shape index (κ3) is 1.97. The number of hydrogen-bond donors (Lipinski definition) is 2. The Kier molecular flexibility index (Phi) is 2.99. The van der Waals surface area contributed by atoms with E-state index in [1.807, 2.05) is 13.8 Å². The molecule has 1 aromatic rings. The fraction of sp³-hybridized carbons (Fsp3) is 0.600. The average Bonchev–Trinajstić information content (AvgIpc) is 2.23. The Hall–Kier alpha value is -0.580. The van der Waals surface area contributed by atoms with E-state index in [1.54, 1.807) is 6.07 Å². The summed E-state index contributed by atoms with van der Waals surface area (Å²) in [6, 6.07) is 1.80. The number of aliphatic hydroxyl groups is 1. The van der Waals surface area contributed by atoms with Crippen LogP contribution in [0.15, 0.2) is 6.07 Å². The third-order valence-electron chi connectivity index (χ3n) is 3.26. The summed E-state index contributed by atoms with van der Waals surface area (Å²) >= 11 is 11.6. The third-order valence-corrected chi connectivity index (χ3v) is 3.73. The van der Waals surface area contributed by atoms with E-state index in [-0.39, 0.29) is 17.6 Å². The fourth-order valence-electron chi connectivity index (χ4n) is 1.79. The number of nitrogens with zero attached hydrogens (tertiary/aromatic N) is 2. The summed E-state index contributed by atoms with van der Waals surface area (Å²) in [5.74, 6) is 0. The lowest BCUT2D eigenvalue weighted by molar-refractivity contribution is -0.0510. The van der Waals surface area contributed by atoms with Gasteiger partial charge in [-0.1, -0.05) is 37.0 Å². The highest BCUT2D eigenvalue weighted by Gasteiger charge is 2.47. The zero-order valence-corrected chi connectivity index (χ0v) is 10.5. The summed E-state index contributed by atoms with van der Waals surface area (Å²) < 4.78 is 0. The van der Waals surface area contributed by atoms with E-state index < -0.39 is 0 Å². The Balaban J connectivity index is 2.13. The van der Waals surface area contributed by atoms with Crippen molar-refractivity contribution < 1.29 is 5.11 Å². The van der Waals surface area contributed by atoms with Crippen LogP contribution in [0.2, 0.25) is 10.3 Å². The molecule has 88 valence electrons. The maximum atomic E-state index is 9.62. The molecule has 0 amide bonds. The summed E-state index contributed by atoms with van der Waals surface area (Å²) in [5, 5.41) is 20.8. The Morgan fingerprint density at radius 3 is 2.69 bits per heavy atom. The quantitative estimate of drug-likeness (QED) is 0.859. The van der Waals surface area contributed by atoms with Gasteiger partial charge in [0.25, 0.3) is 0 Å². The molecule has 1 heterocycles. The number of halogens is 2. The number of hydrogen-bond acceptors (Lipinski definition) is 4. The molecule has 0 saturated heterocycles. The maximum Gasteiger partial charge on any atom is 0.174 e. The van der Waals surface area contributed by atoms with Gasteiger partial charge in [-0.2, -0.15) is 0 Å². The SMILES string of the molecule is CC1(C)C(O)CC1Nc1cc(Cl)nnc1Cl. The average molecular weight is 262 g/mol. The number of aliphatic hydroxyl groups excluding tert-OH is 1. The first kappa shape index (κ1) is 11.9. The minimum Gasteiger partial charge on any atom is -0.392 e. The monoisotopic (exact) mass is 261 g/mol. The molecule has 1 fully saturated rings. The van der Waals surface area contributed by atoms with Crippen LogP contribution in [-0.2, 0) is 0 Å². The Morgan fingerprint density at radius 2 is 2.12 bits per heavy atom. The van der Waals surface area contributed by atoms with E-state index in [0.29, 0.717) is 22.4 Å². The van der Waals surface area contributed by atoms with E-state index in [4.69, 9.17) is 23.2 Å². The molecule has 0 bridgehead atoms. The van der Waals surface area contributed by atoms with Crippen molar-refractivity contribution in [3.63, 3.8) is 0 Å². The summed E-state index contributed by atoms with van der Waals surface area (Å²) in [7, 11) is 0. The van der Waals surface area contributed by atoms with Gasteiger partial charge in [0.1, 0.15) is 0 Å². The van der Waals surface area contributed by atoms with Crippen LogP contribution in [0.25, 0.3) is 0 Å². The minimum absolute atomic E-state index is 0.167. The molecule has 0 radical (unpaired) electrons. The molecule has 2 N–H and O–H groups in total. The van der Waals surface area contributed by atoms with E-state index in [9.17, 15) is 5.11 Å². The van der Waals surface area contributed by atoms with Gasteiger partial charge in [-0.05, 0) is 6.42 Å².